The van der Waals surface area contributed by atoms with Crippen LogP contribution in [0.15, 0.2) is 0 Å². The van der Waals surface area contributed by atoms with Crippen LogP contribution in [-0.4, -0.2) is 85.9 Å². The predicted molar refractivity (Wildman–Crippen MR) is 27.0 cm³/mol. The van der Waals surface area contributed by atoms with Crippen LogP contribution in [0.4, 0.5) is 0 Å². The second-order valence-corrected chi connectivity index (χ2v) is 0. The van der Waals surface area contributed by atoms with E-state index in [1.807, 2.05) is 0 Å². The van der Waals surface area contributed by atoms with E-state index < -0.39 is 0 Å². The molecule has 0 atom stereocenters. The van der Waals surface area contributed by atoms with Gasteiger partial charge in [0, 0.05) is 21.7 Å². The molecule has 0 spiro atoms. The summed E-state index contributed by atoms with van der Waals surface area (Å²) in [6, 6.07) is 0. The third-order valence-electron chi connectivity index (χ3n) is 0. The van der Waals surface area contributed by atoms with Gasteiger partial charge in [-0.3, -0.25) is 0 Å². The van der Waals surface area contributed by atoms with Crippen molar-refractivity contribution in [2.24, 2.45) is 0 Å². The molecular formula is H7AlMgSrTi. The standard InChI is InChI=1S/Al.Mg.Sr.Ti.7H. The van der Waals surface area contributed by atoms with Crippen LogP contribution < -0.4 is 0 Å². The Labute approximate surface area is 105 Å². The maximum absolute atomic E-state index is 0. The minimum Gasteiger partial charge on any atom is 0 e. The van der Waals surface area contributed by atoms with Crippen molar-refractivity contribution in [3.8, 4) is 0 Å². The number of hydrogen-bond acceptors (Lipinski definition) is 0. The summed E-state index contributed by atoms with van der Waals surface area (Å²) in [5.41, 5.74) is 0. The molecule has 0 bridgehead atoms. The van der Waals surface area contributed by atoms with Crippen LogP contribution in [0, 0.1) is 0 Å². The van der Waals surface area contributed by atoms with Gasteiger partial charge in [0.15, 0.2) is 17.4 Å². The molecule has 0 aliphatic rings. The van der Waals surface area contributed by atoms with Gasteiger partial charge in [0.2, 0.25) is 0 Å². The molecule has 0 radical (unpaired) electrons. The largest absolute Gasteiger partial charge is 0 e. The predicted octanol–water partition coefficient (Wildman–Crippen LogP) is -3.02. The van der Waals surface area contributed by atoms with Gasteiger partial charge in [-0.15, -0.1) is 0 Å². The monoisotopic (exact) mass is 194 g/mol. The molecule has 0 unspecified atom stereocenters. The molecule has 0 aromatic heterocycles. The Balaban J connectivity index is 0. The Kier molecular flexibility index (Phi) is 104. The number of rotatable bonds is 0. The van der Waals surface area contributed by atoms with Crippen LogP contribution in [0.2, 0.25) is 0 Å². The smallest absolute Gasteiger partial charge is 0 e. The van der Waals surface area contributed by atoms with E-state index >= 15 is 0 Å². The molecule has 4 heavy (non-hydrogen) atoms. The van der Waals surface area contributed by atoms with E-state index in [9.17, 15) is 0 Å². The minimum atomic E-state index is 0. The molecule has 0 rings (SSSR count). The minimum absolute atomic E-state index is 0. The summed E-state index contributed by atoms with van der Waals surface area (Å²) in [6.07, 6.45) is 0. The molecule has 18 valence electrons. The van der Waals surface area contributed by atoms with Gasteiger partial charge in [-0.05, 0) is 0 Å². The van der Waals surface area contributed by atoms with Crippen LogP contribution in [0.5, 0.6) is 0 Å². The Hall–Kier alpha value is 3.49. The molecule has 0 amide bonds. The maximum Gasteiger partial charge on any atom is 0 e. The van der Waals surface area contributed by atoms with Gasteiger partial charge in [0.05, 0.1) is 0 Å². The molecule has 4 heteroatoms. The fourth-order valence-electron chi connectivity index (χ4n) is 0. The van der Waals surface area contributed by atoms with E-state index in [4.69, 9.17) is 0 Å². The average Bonchev–Trinajstić information content (AvgIpc) is 0. The fourth-order valence-corrected chi connectivity index (χ4v) is 0. The summed E-state index contributed by atoms with van der Waals surface area (Å²) in [4.78, 5) is 0. The first-order valence-corrected chi connectivity index (χ1v) is 0. The van der Waals surface area contributed by atoms with E-state index in [1.165, 1.54) is 0 Å². The Morgan fingerprint density at radius 3 is 1.00 bits per heavy atom. The molecule has 0 saturated heterocycles. The van der Waals surface area contributed by atoms with Gasteiger partial charge in [-0.2, -0.15) is 0 Å². The number of hydrogen-bond donors (Lipinski definition) is 0. The van der Waals surface area contributed by atoms with Crippen molar-refractivity contribution in [3.63, 3.8) is 0 Å². The molecule has 0 aliphatic carbocycles. The van der Waals surface area contributed by atoms with Crippen LogP contribution >= 0.6 is 0 Å². The van der Waals surface area contributed by atoms with Crippen molar-refractivity contribution in [2.45, 2.75) is 0 Å². The topological polar surface area (TPSA) is 0 Å². The molecule has 0 aromatic rings. The summed E-state index contributed by atoms with van der Waals surface area (Å²) >= 11 is 0. The van der Waals surface area contributed by atoms with Crippen molar-refractivity contribution in [1.82, 2.24) is 0 Å². The van der Waals surface area contributed by atoms with Gasteiger partial charge in [-0.25, -0.2) is 0 Å². The molecule has 0 nitrogen and oxygen atoms in total. The summed E-state index contributed by atoms with van der Waals surface area (Å²) in [7, 11) is 0. The molecule has 0 saturated carbocycles. The zero-order valence-corrected chi connectivity index (χ0v) is 2.06. The Bertz CT molecular complexity index is 8.00. The maximum atomic E-state index is 0. The third-order valence-corrected chi connectivity index (χ3v) is 0. The summed E-state index contributed by atoms with van der Waals surface area (Å²) < 4.78 is 0. The molecule has 0 aliphatic heterocycles. The van der Waals surface area contributed by atoms with Crippen LogP contribution in [0.3, 0.4) is 0 Å². The second kappa shape index (κ2) is 16.1. The Morgan fingerprint density at radius 2 is 1.00 bits per heavy atom. The van der Waals surface area contributed by atoms with Crippen molar-refractivity contribution in [1.29, 1.82) is 0 Å². The molecule has 0 aromatic carbocycles. The summed E-state index contributed by atoms with van der Waals surface area (Å²) in [5.74, 6) is 0. The summed E-state index contributed by atoms with van der Waals surface area (Å²) in [6.45, 7) is 0. The van der Waals surface area contributed by atoms with Crippen molar-refractivity contribution in [3.05, 3.63) is 0 Å². The normalized spacial score (nSPS) is 0. The first kappa shape index (κ1) is 25.9. The second-order valence-electron chi connectivity index (χ2n) is 0. The molecule has 0 N–H and O–H groups in total. The van der Waals surface area contributed by atoms with Crippen LogP contribution in [0.1, 0.15) is 0 Å². The van der Waals surface area contributed by atoms with Crippen LogP contribution in [0.25, 0.3) is 0 Å². The van der Waals surface area contributed by atoms with E-state index in [2.05, 4.69) is 0 Å². The van der Waals surface area contributed by atoms with E-state index in [-0.39, 0.29) is 108 Å². The van der Waals surface area contributed by atoms with Crippen molar-refractivity contribution >= 4 is 85.9 Å². The van der Waals surface area contributed by atoms with E-state index in [1.54, 1.807) is 0 Å². The first-order valence-electron chi connectivity index (χ1n) is 0. The average molecular weight is 194 g/mol. The van der Waals surface area contributed by atoms with Crippen LogP contribution in [-0.2, 0) is 21.7 Å². The molecule has 0 fully saturated rings. The Morgan fingerprint density at radius 1 is 1.00 bits per heavy atom. The first-order chi connectivity index (χ1) is 0. The van der Waals surface area contributed by atoms with Crippen molar-refractivity contribution < 1.29 is 21.7 Å². The van der Waals surface area contributed by atoms with E-state index in [0.717, 1.165) is 0 Å². The SMILES string of the molecule is [AlH3].[MgH2].[SrH2].[Ti]. The quantitative estimate of drug-likeness (QED) is 0.360. The molecular weight excluding hydrogens is 187 g/mol. The van der Waals surface area contributed by atoms with Gasteiger partial charge < -0.3 is 0 Å². The zero-order chi connectivity index (χ0) is 0. The van der Waals surface area contributed by atoms with Gasteiger partial charge >= 0.3 is 68.5 Å². The van der Waals surface area contributed by atoms with E-state index in [0.29, 0.717) is 0 Å². The fraction of sp³-hybridized carbons (Fsp3) is 0. The zero-order valence-electron chi connectivity index (χ0n) is 0.500. The van der Waals surface area contributed by atoms with Crippen molar-refractivity contribution in [2.75, 3.05) is 0 Å². The summed E-state index contributed by atoms with van der Waals surface area (Å²) in [5, 5.41) is 0. The van der Waals surface area contributed by atoms with Gasteiger partial charge in [-0.1, -0.05) is 0 Å². The van der Waals surface area contributed by atoms with Gasteiger partial charge in [0.25, 0.3) is 0 Å². The van der Waals surface area contributed by atoms with Gasteiger partial charge in [0.1, 0.15) is 0 Å². The molecule has 0 heterocycles. The third kappa shape index (κ3) is 9.09.